The molecule has 17 heavy (non-hydrogen) atoms. The molecule has 0 aliphatic carbocycles. The summed E-state index contributed by atoms with van der Waals surface area (Å²) < 4.78 is 1.89. The third kappa shape index (κ3) is 2.05. The van der Waals surface area contributed by atoms with Crippen molar-refractivity contribution in [3.63, 3.8) is 0 Å². The van der Waals surface area contributed by atoms with Crippen LogP contribution in [0.3, 0.4) is 0 Å². The minimum atomic E-state index is 0.720. The highest BCUT2D eigenvalue weighted by Gasteiger charge is 2.21. The second-order valence-electron chi connectivity index (χ2n) is 5.11. The van der Waals surface area contributed by atoms with Crippen LogP contribution in [-0.2, 0) is 6.42 Å². The van der Waals surface area contributed by atoms with Gasteiger partial charge in [0, 0.05) is 19.2 Å². The first-order valence-electron chi connectivity index (χ1n) is 6.22. The minimum Gasteiger partial charge on any atom is -0.306 e. The summed E-state index contributed by atoms with van der Waals surface area (Å²) in [7, 11) is 2.18. The number of rotatable bonds is 2. The normalized spacial score (nSPS) is 21.4. The number of hydrogen-bond acceptors (Lipinski definition) is 3. The van der Waals surface area contributed by atoms with Crippen LogP contribution < -0.4 is 0 Å². The van der Waals surface area contributed by atoms with Crippen molar-refractivity contribution in [1.82, 2.24) is 19.5 Å². The standard InChI is InChI=1S/C13H18N4/c1-10-4-3-6-17-13(10)14-12(15-17)8-11-5-7-16(2)9-11/h3-4,6,11H,5,7-9H2,1-2H3. The maximum Gasteiger partial charge on any atom is 0.158 e. The molecule has 1 saturated heterocycles. The predicted molar refractivity (Wildman–Crippen MR) is 67.0 cm³/mol. The van der Waals surface area contributed by atoms with Crippen LogP contribution in [0.1, 0.15) is 17.8 Å². The van der Waals surface area contributed by atoms with E-state index in [9.17, 15) is 0 Å². The van der Waals surface area contributed by atoms with Gasteiger partial charge in [0.2, 0.25) is 0 Å². The molecular weight excluding hydrogens is 212 g/mol. The highest BCUT2D eigenvalue weighted by molar-refractivity contribution is 5.45. The molecule has 0 saturated carbocycles. The van der Waals surface area contributed by atoms with Gasteiger partial charge in [0.05, 0.1) is 0 Å². The van der Waals surface area contributed by atoms with Crippen molar-refractivity contribution in [2.45, 2.75) is 19.8 Å². The molecule has 3 heterocycles. The number of pyridine rings is 1. The molecule has 0 amide bonds. The molecule has 0 radical (unpaired) electrons. The lowest BCUT2D eigenvalue weighted by Gasteiger charge is -2.07. The first-order chi connectivity index (χ1) is 8.22. The Morgan fingerprint density at radius 1 is 1.47 bits per heavy atom. The van der Waals surface area contributed by atoms with Crippen molar-refractivity contribution < 1.29 is 0 Å². The van der Waals surface area contributed by atoms with Crippen LogP contribution in [0.5, 0.6) is 0 Å². The van der Waals surface area contributed by atoms with Gasteiger partial charge in [-0.3, -0.25) is 0 Å². The van der Waals surface area contributed by atoms with E-state index in [4.69, 9.17) is 0 Å². The first kappa shape index (κ1) is 10.7. The Hall–Kier alpha value is -1.42. The Kier molecular flexibility index (Phi) is 2.59. The maximum absolute atomic E-state index is 4.63. The minimum absolute atomic E-state index is 0.720. The summed E-state index contributed by atoms with van der Waals surface area (Å²) in [6.45, 7) is 4.46. The van der Waals surface area contributed by atoms with E-state index in [0.29, 0.717) is 0 Å². The zero-order chi connectivity index (χ0) is 11.8. The average Bonchev–Trinajstić information content (AvgIpc) is 2.86. The third-order valence-electron chi connectivity index (χ3n) is 3.56. The summed E-state index contributed by atoms with van der Waals surface area (Å²) in [5.74, 6) is 1.71. The smallest absolute Gasteiger partial charge is 0.158 e. The van der Waals surface area contributed by atoms with Crippen LogP contribution in [0.25, 0.3) is 5.65 Å². The second-order valence-corrected chi connectivity index (χ2v) is 5.11. The number of hydrogen-bond donors (Lipinski definition) is 0. The maximum atomic E-state index is 4.63. The Morgan fingerprint density at radius 3 is 3.06 bits per heavy atom. The second kappa shape index (κ2) is 4.11. The molecule has 0 spiro atoms. The van der Waals surface area contributed by atoms with Gasteiger partial charge < -0.3 is 4.90 Å². The number of likely N-dealkylation sites (tertiary alicyclic amines) is 1. The topological polar surface area (TPSA) is 33.4 Å². The summed E-state index contributed by atoms with van der Waals surface area (Å²) in [5, 5.41) is 4.55. The molecule has 4 heteroatoms. The summed E-state index contributed by atoms with van der Waals surface area (Å²) in [5.41, 5.74) is 2.18. The zero-order valence-electron chi connectivity index (χ0n) is 10.4. The Balaban J connectivity index is 1.84. The largest absolute Gasteiger partial charge is 0.306 e. The molecule has 2 aromatic heterocycles. The highest BCUT2D eigenvalue weighted by Crippen LogP contribution is 2.18. The molecule has 1 aliphatic rings. The molecule has 3 rings (SSSR count). The van der Waals surface area contributed by atoms with E-state index in [1.165, 1.54) is 25.1 Å². The predicted octanol–water partition coefficient (Wildman–Crippen LogP) is 1.53. The van der Waals surface area contributed by atoms with Crippen LogP contribution in [0.4, 0.5) is 0 Å². The average molecular weight is 230 g/mol. The summed E-state index contributed by atoms with van der Waals surface area (Å²) in [6, 6.07) is 4.10. The van der Waals surface area contributed by atoms with Gasteiger partial charge in [0.25, 0.3) is 0 Å². The van der Waals surface area contributed by atoms with Gasteiger partial charge in [-0.05, 0) is 44.5 Å². The van der Waals surface area contributed by atoms with E-state index in [1.807, 2.05) is 16.8 Å². The van der Waals surface area contributed by atoms with Gasteiger partial charge >= 0.3 is 0 Å². The van der Waals surface area contributed by atoms with Crippen molar-refractivity contribution in [1.29, 1.82) is 0 Å². The fourth-order valence-corrected chi connectivity index (χ4v) is 2.62. The molecule has 90 valence electrons. The molecule has 1 unspecified atom stereocenters. The van der Waals surface area contributed by atoms with E-state index >= 15 is 0 Å². The van der Waals surface area contributed by atoms with Crippen LogP contribution >= 0.6 is 0 Å². The first-order valence-corrected chi connectivity index (χ1v) is 6.22. The lowest BCUT2D eigenvalue weighted by molar-refractivity contribution is 0.392. The number of fused-ring (bicyclic) bond motifs is 1. The van der Waals surface area contributed by atoms with Crippen molar-refractivity contribution in [3.8, 4) is 0 Å². The van der Waals surface area contributed by atoms with Crippen molar-refractivity contribution in [2.75, 3.05) is 20.1 Å². The zero-order valence-corrected chi connectivity index (χ0v) is 10.4. The molecule has 0 bridgehead atoms. The SMILES string of the molecule is Cc1cccn2nc(CC3CCN(C)C3)nc12. The van der Waals surface area contributed by atoms with E-state index in [2.05, 4.69) is 35.0 Å². The van der Waals surface area contributed by atoms with Crippen molar-refractivity contribution in [2.24, 2.45) is 5.92 Å². The summed E-state index contributed by atoms with van der Waals surface area (Å²) in [6.07, 6.45) is 4.25. The quantitative estimate of drug-likeness (QED) is 0.784. The molecule has 4 nitrogen and oxygen atoms in total. The molecule has 1 atom stereocenters. The third-order valence-corrected chi connectivity index (χ3v) is 3.56. The molecule has 0 aromatic carbocycles. The van der Waals surface area contributed by atoms with Crippen molar-refractivity contribution in [3.05, 3.63) is 29.7 Å². The highest BCUT2D eigenvalue weighted by atomic mass is 15.3. The number of aromatic nitrogens is 3. The van der Waals surface area contributed by atoms with Gasteiger partial charge in [-0.2, -0.15) is 5.10 Å². The molecule has 2 aromatic rings. The summed E-state index contributed by atoms with van der Waals surface area (Å²) in [4.78, 5) is 7.01. The van der Waals surface area contributed by atoms with E-state index in [0.717, 1.165) is 23.8 Å². The fraction of sp³-hybridized carbons (Fsp3) is 0.538. The molecule has 1 aliphatic heterocycles. The van der Waals surface area contributed by atoms with E-state index in [1.54, 1.807) is 0 Å². The summed E-state index contributed by atoms with van der Waals surface area (Å²) >= 11 is 0. The molecule has 0 N–H and O–H groups in total. The fourth-order valence-electron chi connectivity index (χ4n) is 2.62. The Morgan fingerprint density at radius 2 is 2.35 bits per heavy atom. The number of nitrogens with zero attached hydrogens (tertiary/aromatic N) is 4. The Bertz CT molecular complexity index is 531. The van der Waals surface area contributed by atoms with Crippen molar-refractivity contribution >= 4 is 5.65 Å². The van der Waals surface area contributed by atoms with Crippen LogP contribution in [0, 0.1) is 12.8 Å². The van der Waals surface area contributed by atoms with Crippen LogP contribution in [0.2, 0.25) is 0 Å². The van der Waals surface area contributed by atoms with Crippen LogP contribution in [0.15, 0.2) is 18.3 Å². The molecular formula is C13H18N4. The van der Waals surface area contributed by atoms with E-state index in [-0.39, 0.29) is 0 Å². The van der Waals surface area contributed by atoms with Gasteiger partial charge in [-0.1, -0.05) is 6.07 Å². The van der Waals surface area contributed by atoms with Gasteiger partial charge in [0.15, 0.2) is 11.5 Å². The monoisotopic (exact) mass is 230 g/mol. The van der Waals surface area contributed by atoms with Crippen LogP contribution in [-0.4, -0.2) is 39.6 Å². The number of aryl methyl sites for hydroxylation is 1. The lowest BCUT2D eigenvalue weighted by atomic mass is 10.1. The van der Waals surface area contributed by atoms with Gasteiger partial charge in [-0.25, -0.2) is 9.50 Å². The van der Waals surface area contributed by atoms with E-state index < -0.39 is 0 Å². The van der Waals surface area contributed by atoms with Gasteiger partial charge in [0.1, 0.15) is 0 Å². The lowest BCUT2D eigenvalue weighted by Crippen LogP contribution is -2.15. The van der Waals surface area contributed by atoms with Gasteiger partial charge in [-0.15, -0.1) is 0 Å². The Labute approximate surface area is 101 Å². The molecule has 1 fully saturated rings.